The Morgan fingerprint density at radius 3 is 2.86 bits per heavy atom. The SMILES string of the molecule is CCCCNC(=O)c1nc(-c2ccccc2Cl)cnc1N. The zero-order valence-electron chi connectivity index (χ0n) is 11.8. The van der Waals surface area contributed by atoms with Crippen LogP contribution >= 0.6 is 11.6 Å². The fourth-order valence-corrected chi connectivity index (χ4v) is 2.06. The first kappa shape index (κ1) is 15.3. The third-order valence-corrected chi connectivity index (χ3v) is 3.31. The Hall–Kier alpha value is -2.14. The van der Waals surface area contributed by atoms with Crippen LogP contribution in [0.25, 0.3) is 11.3 Å². The van der Waals surface area contributed by atoms with Gasteiger partial charge in [-0.05, 0) is 12.5 Å². The number of hydrogen-bond acceptors (Lipinski definition) is 4. The molecule has 3 N–H and O–H groups in total. The van der Waals surface area contributed by atoms with Gasteiger partial charge in [0.1, 0.15) is 0 Å². The number of carbonyl (C=O) groups excluding carboxylic acids is 1. The van der Waals surface area contributed by atoms with Crippen molar-refractivity contribution in [2.75, 3.05) is 12.3 Å². The summed E-state index contributed by atoms with van der Waals surface area (Å²) in [6.45, 7) is 2.64. The lowest BCUT2D eigenvalue weighted by atomic mass is 10.1. The van der Waals surface area contributed by atoms with Gasteiger partial charge in [-0.2, -0.15) is 0 Å². The third-order valence-electron chi connectivity index (χ3n) is 2.98. The van der Waals surface area contributed by atoms with E-state index in [9.17, 15) is 4.79 Å². The van der Waals surface area contributed by atoms with Crippen LogP contribution in [0.3, 0.4) is 0 Å². The lowest BCUT2D eigenvalue weighted by Crippen LogP contribution is -2.26. The van der Waals surface area contributed by atoms with Gasteiger partial charge in [0, 0.05) is 12.1 Å². The summed E-state index contributed by atoms with van der Waals surface area (Å²) >= 11 is 6.13. The van der Waals surface area contributed by atoms with E-state index in [2.05, 4.69) is 22.2 Å². The van der Waals surface area contributed by atoms with Crippen molar-refractivity contribution >= 4 is 23.3 Å². The summed E-state index contributed by atoms with van der Waals surface area (Å²) in [5.74, 6) is -0.206. The number of carbonyl (C=O) groups is 1. The highest BCUT2D eigenvalue weighted by molar-refractivity contribution is 6.33. The molecule has 1 heterocycles. The fourth-order valence-electron chi connectivity index (χ4n) is 1.83. The quantitative estimate of drug-likeness (QED) is 0.832. The van der Waals surface area contributed by atoms with Crippen LogP contribution in [0.5, 0.6) is 0 Å². The number of amides is 1. The largest absolute Gasteiger partial charge is 0.382 e. The van der Waals surface area contributed by atoms with E-state index < -0.39 is 0 Å². The summed E-state index contributed by atoms with van der Waals surface area (Å²) in [4.78, 5) is 20.4. The first-order valence-corrected chi connectivity index (χ1v) is 7.17. The van der Waals surface area contributed by atoms with Gasteiger partial charge in [-0.3, -0.25) is 4.79 Å². The minimum atomic E-state index is -0.317. The Morgan fingerprint density at radius 1 is 1.38 bits per heavy atom. The van der Waals surface area contributed by atoms with Crippen molar-refractivity contribution in [1.82, 2.24) is 15.3 Å². The molecule has 1 aromatic heterocycles. The van der Waals surface area contributed by atoms with Gasteiger partial charge in [0.15, 0.2) is 11.5 Å². The second kappa shape index (κ2) is 7.04. The maximum Gasteiger partial charge on any atom is 0.273 e. The maximum atomic E-state index is 12.1. The molecule has 0 aliphatic rings. The lowest BCUT2D eigenvalue weighted by Gasteiger charge is -2.08. The second-order valence-electron chi connectivity index (χ2n) is 4.58. The van der Waals surface area contributed by atoms with Gasteiger partial charge in [0.25, 0.3) is 5.91 Å². The minimum Gasteiger partial charge on any atom is -0.382 e. The molecule has 0 bridgehead atoms. The molecule has 6 heteroatoms. The summed E-state index contributed by atoms with van der Waals surface area (Å²) < 4.78 is 0. The molecule has 0 radical (unpaired) electrons. The molecule has 5 nitrogen and oxygen atoms in total. The number of benzene rings is 1. The monoisotopic (exact) mass is 304 g/mol. The fraction of sp³-hybridized carbons (Fsp3) is 0.267. The summed E-state index contributed by atoms with van der Waals surface area (Å²) in [6, 6.07) is 7.26. The molecular formula is C15H17ClN4O. The summed E-state index contributed by atoms with van der Waals surface area (Å²) in [5, 5.41) is 3.33. The molecule has 0 spiro atoms. The summed E-state index contributed by atoms with van der Waals surface area (Å²) in [6.07, 6.45) is 3.42. The molecule has 0 aliphatic carbocycles. The van der Waals surface area contributed by atoms with E-state index in [0.717, 1.165) is 12.8 Å². The van der Waals surface area contributed by atoms with Gasteiger partial charge in [0.2, 0.25) is 0 Å². The Kier molecular flexibility index (Phi) is 5.11. The Balaban J connectivity index is 2.29. The maximum absolute atomic E-state index is 12.1. The molecule has 21 heavy (non-hydrogen) atoms. The minimum absolute atomic E-state index is 0.111. The van der Waals surface area contributed by atoms with E-state index in [-0.39, 0.29) is 17.4 Å². The van der Waals surface area contributed by atoms with Gasteiger partial charge in [-0.15, -0.1) is 0 Å². The van der Waals surface area contributed by atoms with Gasteiger partial charge in [0.05, 0.1) is 16.9 Å². The number of unbranched alkanes of at least 4 members (excludes halogenated alkanes) is 1. The van der Waals surface area contributed by atoms with Gasteiger partial charge in [-0.1, -0.05) is 43.1 Å². The zero-order chi connectivity index (χ0) is 15.2. The topological polar surface area (TPSA) is 80.9 Å². The van der Waals surface area contributed by atoms with Crippen LogP contribution in [-0.2, 0) is 0 Å². The molecule has 2 aromatic rings. The average Bonchev–Trinajstić information content (AvgIpc) is 2.48. The van der Waals surface area contributed by atoms with E-state index in [4.69, 9.17) is 17.3 Å². The molecule has 1 aromatic carbocycles. The third kappa shape index (κ3) is 3.70. The van der Waals surface area contributed by atoms with Crippen LogP contribution in [-0.4, -0.2) is 22.4 Å². The van der Waals surface area contributed by atoms with Crippen molar-refractivity contribution in [2.45, 2.75) is 19.8 Å². The van der Waals surface area contributed by atoms with E-state index >= 15 is 0 Å². The predicted molar refractivity (Wildman–Crippen MR) is 84.1 cm³/mol. The molecular weight excluding hydrogens is 288 g/mol. The molecule has 0 saturated carbocycles. The molecule has 0 atom stereocenters. The van der Waals surface area contributed by atoms with E-state index in [0.29, 0.717) is 22.8 Å². The van der Waals surface area contributed by atoms with Crippen molar-refractivity contribution < 1.29 is 4.79 Å². The standard InChI is InChI=1S/C15H17ClN4O/c1-2-3-8-18-15(21)13-14(17)19-9-12(20-13)10-6-4-5-7-11(10)16/h4-7,9H,2-3,8H2,1H3,(H2,17,19)(H,18,21). The van der Waals surface area contributed by atoms with Crippen molar-refractivity contribution in [1.29, 1.82) is 0 Å². The average molecular weight is 305 g/mol. The lowest BCUT2D eigenvalue weighted by molar-refractivity contribution is 0.0949. The molecule has 2 rings (SSSR count). The van der Waals surface area contributed by atoms with E-state index in [1.165, 1.54) is 6.20 Å². The van der Waals surface area contributed by atoms with Crippen LogP contribution in [0.15, 0.2) is 30.5 Å². The number of nitrogens with zero attached hydrogens (tertiary/aromatic N) is 2. The summed E-state index contributed by atoms with van der Waals surface area (Å²) in [5.41, 5.74) is 7.11. The van der Waals surface area contributed by atoms with Crippen LogP contribution in [0.4, 0.5) is 5.82 Å². The Morgan fingerprint density at radius 2 is 2.14 bits per heavy atom. The molecule has 0 unspecified atom stereocenters. The van der Waals surface area contributed by atoms with Gasteiger partial charge < -0.3 is 11.1 Å². The normalized spacial score (nSPS) is 10.4. The zero-order valence-corrected chi connectivity index (χ0v) is 12.5. The predicted octanol–water partition coefficient (Wildman–Crippen LogP) is 2.91. The highest BCUT2D eigenvalue weighted by Gasteiger charge is 2.15. The van der Waals surface area contributed by atoms with Crippen LogP contribution in [0.2, 0.25) is 5.02 Å². The van der Waals surface area contributed by atoms with Gasteiger partial charge >= 0.3 is 0 Å². The number of halogens is 1. The first-order valence-electron chi connectivity index (χ1n) is 6.79. The number of nitrogens with one attached hydrogen (secondary N) is 1. The number of rotatable bonds is 5. The number of nitrogen functional groups attached to an aromatic ring is 1. The van der Waals surface area contributed by atoms with E-state index in [1.54, 1.807) is 6.07 Å². The number of anilines is 1. The molecule has 110 valence electrons. The number of nitrogens with two attached hydrogens (primary N) is 1. The number of hydrogen-bond donors (Lipinski definition) is 2. The number of aromatic nitrogens is 2. The van der Waals surface area contributed by atoms with Crippen LogP contribution < -0.4 is 11.1 Å². The van der Waals surface area contributed by atoms with Crippen molar-refractivity contribution in [3.05, 3.63) is 41.2 Å². The van der Waals surface area contributed by atoms with Crippen molar-refractivity contribution in [3.8, 4) is 11.3 Å². The van der Waals surface area contributed by atoms with Crippen LogP contribution in [0.1, 0.15) is 30.3 Å². The van der Waals surface area contributed by atoms with Gasteiger partial charge in [-0.25, -0.2) is 9.97 Å². The smallest absolute Gasteiger partial charge is 0.273 e. The first-order chi connectivity index (χ1) is 10.1. The van der Waals surface area contributed by atoms with Crippen LogP contribution in [0, 0.1) is 0 Å². The molecule has 0 fully saturated rings. The highest BCUT2D eigenvalue weighted by atomic mass is 35.5. The molecule has 0 aliphatic heterocycles. The molecule has 0 saturated heterocycles. The Bertz CT molecular complexity index is 645. The highest BCUT2D eigenvalue weighted by Crippen LogP contribution is 2.26. The van der Waals surface area contributed by atoms with Crippen molar-refractivity contribution in [3.63, 3.8) is 0 Å². The van der Waals surface area contributed by atoms with Crippen molar-refractivity contribution in [2.24, 2.45) is 0 Å². The van der Waals surface area contributed by atoms with E-state index in [1.807, 2.05) is 18.2 Å². The summed E-state index contributed by atoms with van der Waals surface area (Å²) in [7, 11) is 0. The Labute approximate surface area is 128 Å². The second-order valence-corrected chi connectivity index (χ2v) is 4.99. The molecule has 1 amide bonds.